The number of aryl methyl sites for hydroxylation is 1. The second-order valence-corrected chi connectivity index (χ2v) is 7.16. The molecule has 0 atom stereocenters. The number of hydrogen-bond acceptors (Lipinski definition) is 3. The van der Waals surface area contributed by atoms with Crippen LogP contribution in [0.4, 0.5) is 5.69 Å². The lowest BCUT2D eigenvalue weighted by Crippen LogP contribution is -2.27. The first kappa shape index (κ1) is 15.3. The molecule has 0 amide bonds. The Kier molecular flexibility index (Phi) is 5.43. The average Bonchev–Trinajstić information content (AvgIpc) is 2.44. The third-order valence-electron chi connectivity index (χ3n) is 3.64. The molecule has 4 nitrogen and oxygen atoms in total. The van der Waals surface area contributed by atoms with Gasteiger partial charge in [0.15, 0.2) is 0 Å². The van der Waals surface area contributed by atoms with Crippen LogP contribution < -0.4 is 10.0 Å². The van der Waals surface area contributed by atoms with Crippen LogP contribution in [-0.2, 0) is 22.9 Å². The molecule has 0 heterocycles. The van der Waals surface area contributed by atoms with Gasteiger partial charge in [0, 0.05) is 6.54 Å². The summed E-state index contributed by atoms with van der Waals surface area (Å²) >= 11 is 0. The van der Waals surface area contributed by atoms with Crippen LogP contribution in [-0.4, -0.2) is 27.3 Å². The number of nitrogens with one attached hydrogen (secondary N) is 2. The van der Waals surface area contributed by atoms with Gasteiger partial charge in [0.1, 0.15) is 0 Å². The van der Waals surface area contributed by atoms with Gasteiger partial charge in [0.25, 0.3) is 0 Å². The Balaban J connectivity index is 2.02. The zero-order valence-corrected chi connectivity index (χ0v) is 12.9. The molecule has 1 aromatic carbocycles. The first-order valence-corrected chi connectivity index (χ1v) is 9.09. The molecule has 5 heteroatoms. The Hall–Kier alpha value is -1.07. The minimum Gasteiger partial charge on any atom is -0.316 e. The highest BCUT2D eigenvalue weighted by molar-refractivity contribution is 7.92. The second-order valence-electron chi connectivity index (χ2n) is 5.32. The van der Waals surface area contributed by atoms with Crippen LogP contribution in [0.2, 0.25) is 0 Å². The normalized spacial score (nSPS) is 14.8. The number of benzene rings is 1. The molecule has 0 saturated heterocycles. The summed E-state index contributed by atoms with van der Waals surface area (Å²) in [6, 6.07) is 5.92. The fourth-order valence-electron chi connectivity index (χ4n) is 2.60. The van der Waals surface area contributed by atoms with Crippen LogP contribution in [0.1, 0.15) is 37.3 Å². The maximum absolute atomic E-state index is 12.1. The van der Waals surface area contributed by atoms with Crippen molar-refractivity contribution in [1.29, 1.82) is 0 Å². The molecule has 0 radical (unpaired) electrons. The minimum atomic E-state index is -3.26. The second kappa shape index (κ2) is 7.09. The summed E-state index contributed by atoms with van der Waals surface area (Å²) in [4.78, 5) is 0. The first-order chi connectivity index (χ1) is 9.62. The summed E-state index contributed by atoms with van der Waals surface area (Å²) in [6.07, 6.45) is 5.39. The molecule has 20 heavy (non-hydrogen) atoms. The first-order valence-electron chi connectivity index (χ1n) is 7.44. The lowest BCUT2D eigenvalue weighted by molar-refractivity contribution is 0.595. The molecular formula is C15H24N2O2S. The number of hydrogen-bond donors (Lipinski definition) is 2. The molecule has 0 fully saturated rings. The number of sulfonamides is 1. The van der Waals surface area contributed by atoms with Crippen molar-refractivity contribution < 1.29 is 8.42 Å². The maximum atomic E-state index is 12.1. The molecule has 0 unspecified atom stereocenters. The molecule has 0 aromatic heterocycles. The van der Waals surface area contributed by atoms with Gasteiger partial charge in [0.2, 0.25) is 10.0 Å². The maximum Gasteiger partial charge on any atom is 0.233 e. The summed E-state index contributed by atoms with van der Waals surface area (Å²) in [5, 5.41) is 3.12. The topological polar surface area (TPSA) is 58.2 Å². The van der Waals surface area contributed by atoms with E-state index >= 15 is 0 Å². The van der Waals surface area contributed by atoms with E-state index in [1.165, 1.54) is 17.5 Å². The molecule has 0 bridgehead atoms. The lowest BCUT2D eigenvalue weighted by Gasteiger charge is -2.20. The number of anilines is 1. The fourth-order valence-corrected chi connectivity index (χ4v) is 3.65. The van der Waals surface area contributed by atoms with Crippen molar-refractivity contribution in [2.45, 2.75) is 39.0 Å². The summed E-state index contributed by atoms with van der Waals surface area (Å²) in [7, 11) is -3.26. The highest BCUT2D eigenvalue weighted by Crippen LogP contribution is 2.28. The van der Waals surface area contributed by atoms with Gasteiger partial charge in [-0.2, -0.15) is 0 Å². The van der Waals surface area contributed by atoms with Crippen LogP contribution in [0.25, 0.3) is 0 Å². The van der Waals surface area contributed by atoms with Gasteiger partial charge >= 0.3 is 0 Å². The van der Waals surface area contributed by atoms with Crippen LogP contribution in [0.5, 0.6) is 0 Å². The van der Waals surface area contributed by atoms with Gasteiger partial charge in [-0.3, -0.25) is 4.72 Å². The van der Waals surface area contributed by atoms with Crippen LogP contribution in [0, 0.1) is 0 Å². The SMILES string of the molecule is CCCNCCS(=O)(=O)Nc1cccc2c1CCCC2. The smallest absolute Gasteiger partial charge is 0.233 e. The Labute approximate surface area is 122 Å². The van der Waals surface area contributed by atoms with E-state index in [9.17, 15) is 8.42 Å². The van der Waals surface area contributed by atoms with Crippen molar-refractivity contribution in [3.8, 4) is 0 Å². The predicted molar refractivity (Wildman–Crippen MR) is 83.7 cm³/mol. The van der Waals surface area contributed by atoms with E-state index in [4.69, 9.17) is 0 Å². The van der Waals surface area contributed by atoms with Crippen molar-refractivity contribution in [2.75, 3.05) is 23.6 Å². The van der Waals surface area contributed by atoms with Gasteiger partial charge < -0.3 is 5.32 Å². The van der Waals surface area contributed by atoms with Crippen molar-refractivity contribution in [2.24, 2.45) is 0 Å². The molecule has 0 aliphatic heterocycles. The lowest BCUT2D eigenvalue weighted by atomic mass is 9.91. The highest BCUT2D eigenvalue weighted by atomic mass is 32.2. The van der Waals surface area contributed by atoms with Gasteiger partial charge in [-0.05, 0) is 55.8 Å². The summed E-state index contributed by atoms with van der Waals surface area (Å²) in [5.74, 6) is 0.122. The average molecular weight is 296 g/mol. The van der Waals surface area contributed by atoms with E-state index in [0.29, 0.717) is 6.54 Å². The molecule has 1 aliphatic rings. The quantitative estimate of drug-likeness (QED) is 0.759. The zero-order chi connectivity index (χ0) is 14.4. The third kappa shape index (κ3) is 4.21. The molecule has 1 aromatic rings. The Morgan fingerprint density at radius 2 is 1.95 bits per heavy atom. The van der Waals surface area contributed by atoms with Crippen LogP contribution >= 0.6 is 0 Å². The molecule has 1 aliphatic carbocycles. The van der Waals surface area contributed by atoms with E-state index < -0.39 is 10.0 Å². The van der Waals surface area contributed by atoms with E-state index in [0.717, 1.165) is 37.9 Å². The van der Waals surface area contributed by atoms with Gasteiger partial charge in [0.05, 0.1) is 11.4 Å². The van der Waals surface area contributed by atoms with Crippen molar-refractivity contribution >= 4 is 15.7 Å². The van der Waals surface area contributed by atoms with Crippen molar-refractivity contribution in [1.82, 2.24) is 5.32 Å². The van der Waals surface area contributed by atoms with Crippen molar-refractivity contribution in [3.63, 3.8) is 0 Å². The molecule has 0 spiro atoms. The molecule has 112 valence electrons. The van der Waals surface area contributed by atoms with Crippen LogP contribution in [0.15, 0.2) is 18.2 Å². The number of fused-ring (bicyclic) bond motifs is 1. The van der Waals surface area contributed by atoms with Gasteiger partial charge in [-0.1, -0.05) is 19.1 Å². The Morgan fingerprint density at radius 3 is 2.75 bits per heavy atom. The zero-order valence-electron chi connectivity index (χ0n) is 12.1. The predicted octanol–water partition coefficient (Wildman–Crippen LogP) is 2.31. The standard InChI is InChI=1S/C15H24N2O2S/c1-2-10-16-11-12-20(18,19)17-15-9-5-7-13-6-3-4-8-14(13)15/h5,7,9,16-17H,2-4,6,8,10-12H2,1H3. The van der Waals surface area contributed by atoms with Crippen LogP contribution in [0.3, 0.4) is 0 Å². The van der Waals surface area contributed by atoms with E-state index in [2.05, 4.69) is 23.0 Å². The molecule has 2 rings (SSSR count). The monoisotopic (exact) mass is 296 g/mol. The summed E-state index contributed by atoms with van der Waals surface area (Å²) < 4.78 is 27.0. The fraction of sp³-hybridized carbons (Fsp3) is 0.600. The minimum absolute atomic E-state index is 0.122. The van der Waals surface area contributed by atoms with E-state index in [1.54, 1.807) is 0 Å². The highest BCUT2D eigenvalue weighted by Gasteiger charge is 2.16. The largest absolute Gasteiger partial charge is 0.316 e. The Bertz CT molecular complexity index is 541. The molecule has 2 N–H and O–H groups in total. The van der Waals surface area contributed by atoms with E-state index in [-0.39, 0.29) is 5.75 Å². The third-order valence-corrected chi connectivity index (χ3v) is 4.91. The summed E-state index contributed by atoms with van der Waals surface area (Å²) in [6.45, 7) is 3.42. The summed E-state index contributed by atoms with van der Waals surface area (Å²) in [5.41, 5.74) is 3.25. The molecule has 0 saturated carbocycles. The van der Waals surface area contributed by atoms with E-state index in [1.807, 2.05) is 12.1 Å². The Morgan fingerprint density at radius 1 is 1.15 bits per heavy atom. The van der Waals surface area contributed by atoms with Gasteiger partial charge in [-0.25, -0.2) is 8.42 Å². The molecular weight excluding hydrogens is 272 g/mol. The number of rotatable bonds is 7. The van der Waals surface area contributed by atoms with Gasteiger partial charge in [-0.15, -0.1) is 0 Å². The van der Waals surface area contributed by atoms with Crippen molar-refractivity contribution in [3.05, 3.63) is 29.3 Å².